The number of aliphatic imine (C=N–C) groups is 1. The molecule has 3 nitrogen and oxygen atoms in total. The van der Waals surface area contributed by atoms with Gasteiger partial charge < -0.3 is 10.1 Å². The van der Waals surface area contributed by atoms with Crippen LogP contribution < -0.4 is 10.1 Å². The second-order valence-corrected chi connectivity index (χ2v) is 7.17. The first-order valence-electron chi connectivity index (χ1n) is 7.86. The maximum absolute atomic E-state index is 5.74. The number of thioether (sulfide) groups is 1. The third-order valence-corrected chi connectivity index (χ3v) is 5.68. The van der Waals surface area contributed by atoms with Crippen molar-refractivity contribution in [1.82, 2.24) is 5.32 Å². The molecule has 1 aromatic rings. The van der Waals surface area contributed by atoms with Crippen molar-refractivity contribution in [3.63, 3.8) is 0 Å². The average molecular weight is 304 g/mol. The van der Waals surface area contributed by atoms with Gasteiger partial charge in [0.15, 0.2) is 5.17 Å². The largest absolute Gasteiger partial charge is 0.492 e. The van der Waals surface area contributed by atoms with E-state index < -0.39 is 0 Å². The zero-order chi connectivity index (χ0) is 14.5. The summed E-state index contributed by atoms with van der Waals surface area (Å²) in [4.78, 5) is 4.74. The highest BCUT2D eigenvalue weighted by atomic mass is 32.2. The standard InChI is InChI=1S/C17H24N2OS/c1-14-5-4-6-15(11-14)20-10-9-18-16-19-12-17(13-21-16)7-2-3-8-17/h4-6,11H,2-3,7-10,12-13H2,1H3,(H,18,19). The van der Waals surface area contributed by atoms with Crippen LogP contribution in [-0.4, -0.2) is 30.6 Å². The molecule has 1 aliphatic heterocycles. The van der Waals surface area contributed by atoms with Crippen LogP contribution in [0.5, 0.6) is 5.75 Å². The number of aryl methyl sites for hydroxylation is 1. The number of nitrogens with zero attached hydrogens (tertiary/aromatic N) is 1. The van der Waals surface area contributed by atoms with Gasteiger partial charge in [-0.25, -0.2) is 0 Å². The lowest BCUT2D eigenvalue weighted by molar-refractivity contribution is 0.322. The SMILES string of the molecule is Cc1cccc(OCCNC2=NCC3(CCCC3)CS2)c1. The number of rotatable bonds is 4. The Kier molecular flexibility index (Phi) is 4.73. The van der Waals surface area contributed by atoms with Crippen molar-refractivity contribution in [2.75, 3.05) is 25.4 Å². The van der Waals surface area contributed by atoms with Crippen LogP contribution in [-0.2, 0) is 0 Å². The van der Waals surface area contributed by atoms with Gasteiger partial charge in [-0.05, 0) is 42.9 Å². The minimum atomic E-state index is 0.522. The van der Waals surface area contributed by atoms with E-state index in [-0.39, 0.29) is 0 Å². The summed E-state index contributed by atoms with van der Waals surface area (Å²) in [5.74, 6) is 2.18. The summed E-state index contributed by atoms with van der Waals surface area (Å²) < 4.78 is 5.74. The van der Waals surface area contributed by atoms with Gasteiger partial charge in [-0.2, -0.15) is 0 Å². The molecule has 0 radical (unpaired) electrons. The Morgan fingerprint density at radius 3 is 2.90 bits per heavy atom. The Morgan fingerprint density at radius 1 is 1.33 bits per heavy atom. The maximum atomic E-state index is 5.74. The summed E-state index contributed by atoms with van der Waals surface area (Å²) in [6, 6.07) is 8.18. The topological polar surface area (TPSA) is 33.6 Å². The van der Waals surface area contributed by atoms with Crippen LogP contribution in [0.4, 0.5) is 0 Å². The van der Waals surface area contributed by atoms with E-state index in [1.54, 1.807) is 0 Å². The fraction of sp³-hybridized carbons (Fsp3) is 0.588. The van der Waals surface area contributed by atoms with Crippen LogP contribution in [0.25, 0.3) is 0 Å². The summed E-state index contributed by atoms with van der Waals surface area (Å²) >= 11 is 1.89. The van der Waals surface area contributed by atoms with Gasteiger partial charge in [-0.3, -0.25) is 4.99 Å². The van der Waals surface area contributed by atoms with Crippen LogP contribution in [0.2, 0.25) is 0 Å². The monoisotopic (exact) mass is 304 g/mol. The molecule has 21 heavy (non-hydrogen) atoms. The molecule has 0 saturated heterocycles. The first-order valence-corrected chi connectivity index (χ1v) is 8.85. The molecule has 1 spiro atoms. The zero-order valence-electron chi connectivity index (χ0n) is 12.7. The van der Waals surface area contributed by atoms with E-state index in [1.807, 2.05) is 23.9 Å². The highest BCUT2D eigenvalue weighted by Gasteiger charge is 2.36. The zero-order valence-corrected chi connectivity index (χ0v) is 13.5. The Balaban J connectivity index is 1.39. The van der Waals surface area contributed by atoms with E-state index in [9.17, 15) is 0 Å². The lowest BCUT2D eigenvalue weighted by Crippen LogP contribution is -2.34. The quantitative estimate of drug-likeness (QED) is 0.863. The lowest BCUT2D eigenvalue weighted by Gasteiger charge is -2.31. The van der Waals surface area contributed by atoms with Crippen molar-refractivity contribution >= 4 is 16.9 Å². The molecule has 1 aromatic carbocycles. The van der Waals surface area contributed by atoms with Gasteiger partial charge in [-0.15, -0.1) is 0 Å². The second-order valence-electron chi connectivity index (χ2n) is 6.21. The summed E-state index contributed by atoms with van der Waals surface area (Å²) in [5, 5.41) is 4.50. The number of amidine groups is 1. The number of nitrogens with one attached hydrogen (secondary N) is 1. The van der Waals surface area contributed by atoms with E-state index in [1.165, 1.54) is 37.0 Å². The first-order chi connectivity index (χ1) is 10.3. The molecule has 0 aromatic heterocycles. The fourth-order valence-electron chi connectivity index (χ4n) is 3.12. The molecule has 1 N–H and O–H groups in total. The number of ether oxygens (including phenoxy) is 1. The minimum absolute atomic E-state index is 0.522. The summed E-state index contributed by atoms with van der Waals surface area (Å²) in [6.45, 7) is 4.58. The van der Waals surface area contributed by atoms with Crippen molar-refractivity contribution in [2.24, 2.45) is 10.4 Å². The number of benzene rings is 1. The first kappa shape index (κ1) is 14.8. The van der Waals surface area contributed by atoms with Gasteiger partial charge in [0, 0.05) is 12.3 Å². The molecule has 0 amide bonds. The maximum Gasteiger partial charge on any atom is 0.156 e. The Labute approximate surface area is 131 Å². The van der Waals surface area contributed by atoms with E-state index in [0.29, 0.717) is 12.0 Å². The fourth-order valence-corrected chi connectivity index (χ4v) is 4.30. The molecule has 1 saturated carbocycles. The molecule has 3 rings (SSSR count). The molecule has 0 bridgehead atoms. The van der Waals surface area contributed by atoms with Crippen LogP contribution in [0.1, 0.15) is 31.2 Å². The summed E-state index contributed by atoms with van der Waals surface area (Å²) in [6.07, 6.45) is 5.52. The smallest absolute Gasteiger partial charge is 0.156 e. The lowest BCUT2D eigenvalue weighted by atomic mass is 9.89. The van der Waals surface area contributed by atoms with E-state index in [0.717, 1.165) is 24.0 Å². The van der Waals surface area contributed by atoms with Gasteiger partial charge in [0.2, 0.25) is 0 Å². The van der Waals surface area contributed by atoms with Crippen LogP contribution in [0.15, 0.2) is 29.3 Å². The van der Waals surface area contributed by atoms with Gasteiger partial charge in [-0.1, -0.05) is 36.7 Å². The Morgan fingerprint density at radius 2 is 2.19 bits per heavy atom. The van der Waals surface area contributed by atoms with Crippen LogP contribution in [0.3, 0.4) is 0 Å². The molecule has 0 unspecified atom stereocenters. The highest BCUT2D eigenvalue weighted by Crippen LogP contribution is 2.43. The van der Waals surface area contributed by atoms with Crippen LogP contribution in [0, 0.1) is 12.3 Å². The third-order valence-electron chi connectivity index (χ3n) is 4.37. The molecule has 4 heteroatoms. The molecular formula is C17H24N2OS. The van der Waals surface area contributed by atoms with Crippen molar-refractivity contribution in [1.29, 1.82) is 0 Å². The third kappa shape index (κ3) is 3.94. The van der Waals surface area contributed by atoms with Crippen molar-refractivity contribution < 1.29 is 4.74 Å². The highest BCUT2D eigenvalue weighted by molar-refractivity contribution is 8.13. The second kappa shape index (κ2) is 6.73. The number of hydrogen-bond donors (Lipinski definition) is 1. The van der Waals surface area contributed by atoms with Crippen molar-refractivity contribution in [3.05, 3.63) is 29.8 Å². The minimum Gasteiger partial charge on any atom is -0.492 e. The van der Waals surface area contributed by atoms with E-state index in [2.05, 4.69) is 24.4 Å². The Hall–Kier alpha value is -1.16. The predicted octanol–water partition coefficient (Wildman–Crippen LogP) is 3.63. The van der Waals surface area contributed by atoms with Crippen LogP contribution >= 0.6 is 11.8 Å². The average Bonchev–Trinajstić information content (AvgIpc) is 2.94. The normalized spacial score (nSPS) is 20.3. The Bertz CT molecular complexity index is 509. The van der Waals surface area contributed by atoms with Gasteiger partial charge >= 0.3 is 0 Å². The van der Waals surface area contributed by atoms with Crippen molar-refractivity contribution in [2.45, 2.75) is 32.6 Å². The van der Waals surface area contributed by atoms with Gasteiger partial charge in [0.25, 0.3) is 0 Å². The molecule has 1 fully saturated rings. The van der Waals surface area contributed by atoms with E-state index in [4.69, 9.17) is 9.73 Å². The molecule has 114 valence electrons. The van der Waals surface area contributed by atoms with E-state index >= 15 is 0 Å². The molecule has 1 aliphatic carbocycles. The van der Waals surface area contributed by atoms with Gasteiger partial charge in [0.05, 0.1) is 6.54 Å². The predicted molar refractivity (Wildman–Crippen MR) is 90.3 cm³/mol. The summed E-state index contributed by atoms with van der Waals surface area (Å²) in [7, 11) is 0. The molecule has 1 heterocycles. The molecule has 0 atom stereocenters. The van der Waals surface area contributed by atoms with Gasteiger partial charge in [0.1, 0.15) is 12.4 Å². The molecular weight excluding hydrogens is 280 g/mol. The number of hydrogen-bond acceptors (Lipinski definition) is 4. The van der Waals surface area contributed by atoms with Crippen molar-refractivity contribution in [3.8, 4) is 5.75 Å². The summed E-state index contributed by atoms with van der Waals surface area (Å²) in [5.41, 5.74) is 1.75. The molecule has 2 aliphatic rings.